The summed E-state index contributed by atoms with van der Waals surface area (Å²) in [5, 5.41) is 19.1. The van der Waals surface area contributed by atoms with Crippen molar-refractivity contribution in [2.24, 2.45) is 0 Å². The summed E-state index contributed by atoms with van der Waals surface area (Å²) in [5.74, 6) is -0.477. The maximum absolute atomic E-state index is 13.2. The van der Waals surface area contributed by atoms with Crippen molar-refractivity contribution < 1.29 is 14.6 Å². The zero-order chi connectivity index (χ0) is 10.6. The van der Waals surface area contributed by atoms with E-state index in [4.69, 9.17) is 0 Å². The van der Waals surface area contributed by atoms with Crippen LogP contribution in [0.4, 0.5) is 4.39 Å². The average Bonchev–Trinajstić information content (AvgIpc) is 2.18. The van der Waals surface area contributed by atoms with Crippen molar-refractivity contribution in [3.05, 3.63) is 35.6 Å². The van der Waals surface area contributed by atoms with Gasteiger partial charge >= 0.3 is 0 Å². The van der Waals surface area contributed by atoms with Crippen LogP contribution in [-0.4, -0.2) is 16.3 Å². The lowest BCUT2D eigenvalue weighted by atomic mass is 10.0. The molecule has 0 aliphatic heterocycles. The Balaban J connectivity index is 2.78. The highest BCUT2D eigenvalue weighted by atomic mass is 19.1. The van der Waals surface area contributed by atoms with Crippen LogP contribution in [0.25, 0.3) is 0 Å². The van der Waals surface area contributed by atoms with Gasteiger partial charge in [-0.25, -0.2) is 4.39 Å². The standard InChI is InChI=1S/C11H15FO2/c1-2-5-10(13)11(14)8-6-3-4-7-9(8)12/h3-4,6-7,10-11,13-14H,2,5H2,1H3. The quantitative estimate of drug-likeness (QED) is 0.777. The van der Waals surface area contributed by atoms with E-state index in [2.05, 4.69) is 0 Å². The van der Waals surface area contributed by atoms with E-state index in [-0.39, 0.29) is 5.56 Å². The minimum absolute atomic E-state index is 0.161. The minimum Gasteiger partial charge on any atom is -0.390 e. The molecule has 0 aliphatic carbocycles. The first-order chi connectivity index (χ1) is 6.66. The van der Waals surface area contributed by atoms with Crippen LogP contribution in [-0.2, 0) is 0 Å². The molecule has 1 aromatic carbocycles. The molecule has 0 heterocycles. The minimum atomic E-state index is -1.13. The number of hydrogen-bond donors (Lipinski definition) is 2. The molecule has 0 saturated carbocycles. The van der Waals surface area contributed by atoms with Crippen LogP contribution in [0.2, 0.25) is 0 Å². The summed E-state index contributed by atoms with van der Waals surface area (Å²) in [7, 11) is 0. The summed E-state index contributed by atoms with van der Waals surface area (Å²) in [6.45, 7) is 1.90. The second-order valence-electron chi connectivity index (χ2n) is 3.32. The van der Waals surface area contributed by atoms with Crippen molar-refractivity contribution in [3.8, 4) is 0 Å². The van der Waals surface area contributed by atoms with Crippen LogP contribution in [0.1, 0.15) is 31.4 Å². The normalized spacial score (nSPS) is 15.1. The molecular formula is C11H15FO2. The van der Waals surface area contributed by atoms with E-state index in [9.17, 15) is 14.6 Å². The van der Waals surface area contributed by atoms with Gasteiger partial charge < -0.3 is 10.2 Å². The number of benzene rings is 1. The number of aliphatic hydroxyl groups is 2. The lowest BCUT2D eigenvalue weighted by Gasteiger charge is -2.17. The van der Waals surface area contributed by atoms with Gasteiger partial charge in [0.25, 0.3) is 0 Å². The fraction of sp³-hybridized carbons (Fsp3) is 0.455. The van der Waals surface area contributed by atoms with Crippen LogP contribution in [0.5, 0.6) is 0 Å². The summed E-state index contributed by atoms with van der Waals surface area (Å²) in [6, 6.07) is 5.95. The molecule has 0 fully saturated rings. The number of aliphatic hydroxyl groups excluding tert-OH is 2. The third-order valence-electron chi connectivity index (χ3n) is 2.17. The maximum atomic E-state index is 13.2. The Labute approximate surface area is 83.0 Å². The molecule has 1 aromatic rings. The molecule has 14 heavy (non-hydrogen) atoms. The smallest absolute Gasteiger partial charge is 0.129 e. The molecule has 0 bridgehead atoms. The monoisotopic (exact) mass is 198 g/mol. The second-order valence-corrected chi connectivity index (χ2v) is 3.32. The molecule has 2 unspecified atom stereocenters. The molecule has 0 aromatic heterocycles. The van der Waals surface area contributed by atoms with Crippen LogP contribution >= 0.6 is 0 Å². The molecule has 0 aliphatic rings. The summed E-state index contributed by atoms with van der Waals surface area (Å²) in [5.41, 5.74) is 0.161. The zero-order valence-corrected chi connectivity index (χ0v) is 8.15. The van der Waals surface area contributed by atoms with Gasteiger partial charge in [-0.05, 0) is 12.5 Å². The third-order valence-corrected chi connectivity index (χ3v) is 2.17. The highest BCUT2D eigenvalue weighted by Crippen LogP contribution is 2.22. The molecule has 0 amide bonds. The van der Waals surface area contributed by atoms with Gasteiger partial charge in [0.2, 0.25) is 0 Å². The zero-order valence-electron chi connectivity index (χ0n) is 8.15. The van der Waals surface area contributed by atoms with Gasteiger partial charge in [0.1, 0.15) is 11.9 Å². The molecule has 0 radical (unpaired) electrons. The predicted octanol–water partition coefficient (Wildman–Crippen LogP) is 2.02. The molecule has 3 heteroatoms. The predicted molar refractivity (Wildman–Crippen MR) is 52.3 cm³/mol. The Morgan fingerprint density at radius 2 is 1.93 bits per heavy atom. The summed E-state index contributed by atoms with van der Waals surface area (Å²) >= 11 is 0. The van der Waals surface area contributed by atoms with E-state index in [0.717, 1.165) is 6.42 Å². The fourth-order valence-corrected chi connectivity index (χ4v) is 1.38. The second kappa shape index (κ2) is 5.08. The van der Waals surface area contributed by atoms with Crippen molar-refractivity contribution >= 4 is 0 Å². The lowest BCUT2D eigenvalue weighted by Crippen LogP contribution is -2.18. The van der Waals surface area contributed by atoms with Crippen molar-refractivity contribution in [2.75, 3.05) is 0 Å². The Bertz CT molecular complexity index is 288. The van der Waals surface area contributed by atoms with E-state index < -0.39 is 18.0 Å². The summed E-state index contributed by atoms with van der Waals surface area (Å²) in [4.78, 5) is 0. The third kappa shape index (κ3) is 2.53. The first-order valence-corrected chi connectivity index (χ1v) is 4.77. The molecule has 78 valence electrons. The van der Waals surface area contributed by atoms with E-state index in [1.54, 1.807) is 12.1 Å². The molecule has 2 N–H and O–H groups in total. The van der Waals surface area contributed by atoms with Gasteiger partial charge in [0.05, 0.1) is 6.10 Å². The van der Waals surface area contributed by atoms with Gasteiger partial charge in [-0.15, -0.1) is 0 Å². The maximum Gasteiger partial charge on any atom is 0.129 e. The molecule has 1 rings (SSSR count). The molecule has 0 saturated heterocycles. The van der Waals surface area contributed by atoms with Gasteiger partial charge in [0.15, 0.2) is 0 Å². The summed E-state index contributed by atoms with van der Waals surface area (Å²) in [6.07, 6.45) is -0.796. The Kier molecular flexibility index (Phi) is 4.04. The number of hydrogen-bond acceptors (Lipinski definition) is 2. The lowest BCUT2D eigenvalue weighted by molar-refractivity contribution is 0.0111. The van der Waals surface area contributed by atoms with Crippen LogP contribution < -0.4 is 0 Å². The molecular weight excluding hydrogens is 183 g/mol. The van der Waals surface area contributed by atoms with Crippen LogP contribution in [0, 0.1) is 5.82 Å². The molecule has 2 nitrogen and oxygen atoms in total. The topological polar surface area (TPSA) is 40.5 Å². The fourth-order valence-electron chi connectivity index (χ4n) is 1.38. The Hall–Kier alpha value is -0.930. The molecule has 0 spiro atoms. The van der Waals surface area contributed by atoms with Gasteiger partial charge in [-0.2, -0.15) is 0 Å². The Morgan fingerprint density at radius 1 is 1.29 bits per heavy atom. The molecule has 2 atom stereocenters. The van der Waals surface area contributed by atoms with Crippen molar-refractivity contribution in [1.82, 2.24) is 0 Å². The SMILES string of the molecule is CCCC(O)C(O)c1ccccc1F. The highest BCUT2D eigenvalue weighted by Gasteiger charge is 2.19. The average molecular weight is 198 g/mol. The largest absolute Gasteiger partial charge is 0.390 e. The van der Waals surface area contributed by atoms with Gasteiger partial charge in [-0.1, -0.05) is 31.5 Å². The van der Waals surface area contributed by atoms with E-state index in [1.165, 1.54) is 12.1 Å². The van der Waals surface area contributed by atoms with Gasteiger partial charge in [0, 0.05) is 5.56 Å². The highest BCUT2D eigenvalue weighted by molar-refractivity contribution is 5.20. The van der Waals surface area contributed by atoms with Crippen molar-refractivity contribution in [1.29, 1.82) is 0 Å². The first kappa shape index (κ1) is 11.1. The van der Waals surface area contributed by atoms with Gasteiger partial charge in [-0.3, -0.25) is 0 Å². The van der Waals surface area contributed by atoms with Crippen molar-refractivity contribution in [2.45, 2.75) is 32.0 Å². The van der Waals surface area contributed by atoms with Crippen LogP contribution in [0.3, 0.4) is 0 Å². The number of rotatable bonds is 4. The first-order valence-electron chi connectivity index (χ1n) is 4.77. The van der Waals surface area contributed by atoms with E-state index in [1.807, 2.05) is 6.92 Å². The Morgan fingerprint density at radius 3 is 2.50 bits per heavy atom. The van der Waals surface area contributed by atoms with E-state index in [0.29, 0.717) is 6.42 Å². The van der Waals surface area contributed by atoms with Crippen molar-refractivity contribution in [3.63, 3.8) is 0 Å². The summed E-state index contributed by atoms with van der Waals surface area (Å²) < 4.78 is 13.2. The van der Waals surface area contributed by atoms with E-state index >= 15 is 0 Å². The number of halogens is 1. The van der Waals surface area contributed by atoms with Crippen LogP contribution in [0.15, 0.2) is 24.3 Å².